The first kappa shape index (κ1) is 21.4. The Morgan fingerprint density at radius 1 is 1.03 bits per heavy atom. The number of fused-ring (bicyclic) bond motifs is 1. The van der Waals surface area contributed by atoms with Crippen LogP contribution in [-0.4, -0.2) is 20.6 Å². The zero-order valence-electron chi connectivity index (χ0n) is 16.3. The lowest BCUT2D eigenvalue weighted by Gasteiger charge is -2.15. The molecule has 1 heterocycles. The molecule has 0 aliphatic carbocycles. The van der Waals surface area contributed by atoms with Gasteiger partial charge in [0.05, 0.1) is 11.9 Å². The van der Waals surface area contributed by atoms with Gasteiger partial charge in [-0.25, -0.2) is 4.98 Å². The maximum Gasteiger partial charge on any atom is 0.307 e. The van der Waals surface area contributed by atoms with Crippen molar-refractivity contribution < 1.29 is 19.2 Å². The normalized spacial score (nSPS) is 11.9. The molecule has 0 radical (unpaired) electrons. The molecule has 1 N–H and O–H groups in total. The molecule has 5 nitrogen and oxygen atoms in total. The highest BCUT2D eigenvalue weighted by atomic mass is 79.9. The van der Waals surface area contributed by atoms with Gasteiger partial charge in [0.1, 0.15) is 17.3 Å². The second kappa shape index (κ2) is 9.51. The molecule has 4 rings (SSSR count). The number of para-hydroxylation sites is 1. The van der Waals surface area contributed by atoms with Crippen LogP contribution in [0.25, 0.3) is 10.9 Å². The Morgan fingerprint density at radius 2 is 1.87 bits per heavy atom. The van der Waals surface area contributed by atoms with E-state index in [1.165, 1.54) is 0 Å². The number of halogens is 1. The van der Waals surface area contributed by atoms with E-state index in [0.29, 0.717) is 22.1 Å². The van der Waals surface area contributed by atoms with E-state index in [0.717, 1.165) is 20.9 Å². The average molecular weight is 496 g/mol. The largest absolute Gasteiger partial charge is 0.610 e. The molecular weight excluding hydrogens is 478 g/mol. The molecule has 1 aromatic heterocycles. The van der Waals surface area contributed by atoms with Gasteiger partial charge >= 0.3 is 5.97 Å². The molecular formula is C24H18BrNO4S. The summed E-state index contributed by atoms with van der Waals surface area (Å²) in [7, 11) is 0. The number of hydrogen-bond acceptors (Lipinski definition) is 4. The SMILES string of the molecule is O=C(O)Cc1cccc(Oc2ccc(Br)cc2C[S+]([O-])c2ccc3ccccc3n2)c1. The highest BCUT2D eigenvalue weighted by molar-refractivity contribution is 9.10. The van der Waals surface area contributed by atoms with Crippen molar-refractivity contribution in [2.24, 2.45) is 0 Å². The molecule has 0 fully saturated rings. The summed E-state index contributed by atoms with van der Waals surface area (Å²) >= 11 is 2.10. The van der Waals surface area contributed by atoms with E-state index in [1.54, 1.807) is 36.4 Å². The number of aliphatic carboxylic acids is 1. The van der Waals surface area contributed by atoms with Gasteiger partial charge in [0.2, 0.25) is 5.03 Å². The van der Waals surface area contributed by atoms with Crippen LogP contribution in [0.1, 0.15) is 11.1 Å². The van der Waals surface area contributed by atoms with E-state index >= 15 is 0 Å². The summed E-state index contributed by atoms with van der Waals surface area (Å²) in [6.07, 6.45) is -0.0813. The number of rotatable bonds is 7. The number of benzene rings is 3. The van der Waals surface area contributed by atoms with E-state index in [9.17, 15) is 9.35 Å². The van der Waals surface area contributed by atoms with Gasteiger partial charge in [0.15, 0.2) is 0 Å². The number of pyridine rings is 1. The molecule has 1 unspecified atom stereocenters. The van der Waals surface area contributed by atoms with Crippen LogP contribution >= 0.6 is 15.9 Å². The predicted molar refractivity (Wildman–Crippen MR) is 124 cm³/mol. The Morgan fingerprint density at radius 3 is 2.71 bits per heavy atom. The molecule has 0 bridgehead atoms. The fourth-order valence-corrected chi connectivity index (χ4v) is 4.65. The third-order valence-corrected chi connectivity index (χ3v) is 6.36. The van der Waals surface area contributed by atoms with Crippen molar-refractivity contribution in [3.8, 4) is 11.5 Å². The smallest absolute Gasteiger partial charge is 0.307 e. The van der Waals surface area contributed by atoms with Crippen LogP contribution in [0.4, 0.5) is 0 Å². The standard InChI is InChI=1S/C24H18BrNO4S/c25-19-9-10-22(30-20-6-3-4-16(12-20)13-24(27)28)18(14-19)15-31(29)23-11-8-17-5-1-2-7-21(17)26-23/h1-12,14H,13,15H2,(H,27,28). The van der Waals surface area contributed by atoms with E-state index in [4.69, 9.17) is 9.84 Å². The van der Waals surface area contributed by atoms with E-state index in [1.807, 2.05) is 42.5 Å². The fourth-order valence-electron chi connectivity index (χ4n) is 3.17. The third-order valence-electron chi connectivity index (χ3n) is 4.60. The summed E-state index contributed by atoms with van der Waals surface area (Å²) in [5.74, 6) is 0.413. The summed E-state index contributed by atoms with van der Waals surface area (Å²) in [4.78, 5) is 15.5. The molecule has 7 heteroatoms. The van der Waals surface area contributed by atoms with Gasteiger partial charge in [-0.15, -0.1) is 0 Å². The number of aromatic nitrogens is 1. The van der Waals surface area contributed by atoms with Crippen molar-refractivity contribution in [2.75, 3.05) is 0 Å². The molecule has 0 saturated heterocycles. The maximum absolute atomic E-state index is 13.1. The number of carbonyl (C=O) groups is 1. The molecule has 0 aliphatic rings. The van der Waals surface area contributed by atoms with Crippen LogP contribution in [0, 0.1) is 0 Å². The number of hydrogen-bond donors (Lipinski definition) is 1. The monoisotopic (exact) mass is 495 g/mol. The van der Waals surface area contributed by atoms with Crippen molar-refractivity contribution in [3.63, 3.8) is 0 Å². The summed E-state index contributed by atoms with van der Waals surface area (Å²) in [6.45, 7) is 0. The topological polar surface area (TPSA) is 82.5 Å². The number of ether oxygens (including phenoxy) is 1. The van der Waals surface area contributed by atoms with Crippen LogP contribution < -0.4 is 4.74 Å². The predicted octanol–water partition coefficient (Wildman–Crippen LogP) is 5.72. The molecule has 3 aromatic carbocycles. The average Bonchev–Trinajstić information content (AvgIpc) is 2.75. The molecule has 4 aromatic rings. The number of carboxylic acid groups (broad SMARTS) is 1. The summed E-state index contributed by atoms with van der Waals surface area (Å²) in [5, 5.41) is 10.5. The van der Waals surface area contributed by atoms with Crippen LogP contribution in [0.2, 0.25) is 0 Å². The fraction of sp³-hybridized carbons (Fsp3) is 0.0833. The zero-order valence-corrected chi connectivity index (χ0v) is 18.7. The Hall–Kier alpha value is -2.87. The van der Waals surface area contributed by atoms with E-state index in [2.05, 4.69) is 20.9 Å². The van der Waals surface area contributed by atoms with Gasteiger partial charge in [-0.3, -0.25) is 4.79 Å². The highest BCUT2D eigenvalue weighted by Gasteiger charge is 2.18. The molecule has 1 atom stereocenters. The molecule has 0 spiro atoms. The molecule has 0 saturated carbocycles. The van der Waals surface area contributed by atoms with Crippen molar-refractivity contribution in [1.29, 1.82) is 0 Å². The summed E-state index contributed by atoms with van der Waals surface area (Å²) in [5.41, 5.74) is 2.20. The second-order valence-corrected chi connectivity index (χ2v) is 9.22. The molecule has 0 aliphatic heterocycles. The number of nitrogens with zero attached hydrogens (tertiary/aromatic N) is 1. The van der Waals surface area contributed by atoms with Crippen LogP contribution in [0.3, 0.4) is 0 Å². The van der Waals surface area contributed by atoms with Crippen LogP contribution in [0.5, 0.6) is 11.5 Å². The lowest BCUT2D eigenvalue weighted by molar-refractivity contribution is -0.136. The molecule has 156 valence electrons. The van der Waals surface area contributed by atoms with Gasteiger partial charge in [0.25, 0.3) is 0 Å². The first-order chi connectivity index (χ1) is 15.0. The minimum Gasteiger partial charge on any atom is -0.610 e. The van der Waals surface area contributed by atoms with Crippen molar-refractivity contribution >= 4 is 44.0 Å². The third kappa shape index (κ3) is 5.44. The van der Waals surface area contributed by atoms with Crippen molar-refractivity contribution in [2.45, 2.75) is 17.2 Å². The van der Waals surface area contributed by atoms with E-state index in [-0.39, 0.29) is 12.2 Å². The highest BCUT2D eigenvalue weighted by Crippen LogP contribution is 2.31. The first-order valence-corrected chi connectivity index (χ1v) is 11.6. The second-order valence-electron chi connectivity index (χ2n) is 6.90. The minimum absolute atomic E-state index is 0.0813. The van der Waals surface area contributed by atoms with Gasteiger partial charge in [0, 0.05) is 32.7 Å². The quantitative estimate of drug-likeness (QED) is 0.331. The Labute approximate surface area is 191 Å². The minimum atomic E-state index is -1.37. The molecule has 31 heavy (non-hydrogen) atoms. The Balaban J connectivity index is 1.58. The maximum atomic E-state index is 13.1. The summed E-state index contributed by atoms with van der Waals surface area (Å²) < 4.78 is 19.9. The van der Waals surface area contributed by atoms with Crippen molar-refractivity contribution in [3.05, 3.63) is 94.5 Å². The van der Waals surface area contributed by atoms with Gasteiger partial charge in [-0.1, -0.05) is 46.3 Å². The van der Waals surface area contributed by atoms with Gasteiger partial charge in [-0.05, 0) is 48.0 Å². The molecule has 0 amide bonds. The first-order valence-electron chi connectivity index (χ1n) is 9.49. The Bertz CT molecular complexity index is 1250. The number of carboxylic acids is 1. The van der Waals surface area contributed by atoms with Crippen LogP contribution in [-0.2, 0) is 28.1 Å². The van der Waals surface area contributed by atoms with Gasteiger partial charge in [-0.2, -0.15) is 0 Å². The Kier molecular flexibility index (Phi) is 6.56. The van der Waals surface area contributed by atoms with E-state index < -0.39 is 17.1 Å². The summed E-state index contributed by atoms with van der Waals surface area (Å²) in [6, 6.07) is 23.9. The van der Waals surface area contributed by atoms with Crippen molar-refractivity contribution in [1.82, 2.24) is 4.98 Å². The zero-order chi connectivity index (χ0) is 21.8. The van der Waals surface area contributed by atoms with Crippen LogP contribution in [0.15, 0.2) is 88.4 Å². The lowest BCUT2D eigenvalue weighted by atomic mass is 10.1. The van der Waals surface area contributed by atoms with Gasteiger partial charge < -0.3 is 14.4 Å². The lowest BCUT2D eigenvalue weighted by Crippen LogP contribution is -2.08.